The highest BCUT2D eigenvalue weighted by atomic mass is 35.5. The van der Waals surface area contributed by atoms with Gasteiger partial charge < -0.3 is 15.0 Å². The lowest BCUT2D eigenvalue weighted by Gasteiger charge is -2.34. The van der Waals surface area contributed by atoms with Gasteiger partial charge in [0.15, 0.2) is 5.13 Å². The first-order valence-corrected chi connectivity index (χ1v) is 15.7. The highest BCUT2D eigenvalue weighted by Gasteiger charge is 2.20. The Balaban J connectivity index is 0.00000387. The minimum atomic E-state index is -3.80. The number of halogens is 2. The molecule has 1 amide bonds. The lowest BCUT2D eigenvalue weighted by molar-refractivity contribution is 0.0948. The number of sulfonamides is 1. The van der Waals surface area contributed by atoms with Crippen molar-refractivity contribution in [1.82, 2.24) is 15.2 Å². The second-order valence-electron chi connectivity index (χ2n) is 9.28. The fraction of sp³-hybridized carbons (Fsp3) is 0.286. The number of carbonyl (C=O) groups is 1. The molecule has 0 saturated carbocycles. The number of aromatic nitrogens is 1. The first kappa shape index (κ1) is 30.9. The summed E-state index contributed by atoms with van der Waals surface area (Å²) < 4.78 is 34.6. The van der Waals surface area contributed by atoms with Crippen LogP contribution in [0.2, 0.25) is 5.02 Å². The Bertz CT molecular complexity index is 1590. The Labute approximate surface area is 254 Å². The number of carbonyl (C=O) groups excluding carboxylic acids is 1. The lowest BCUT2D eigenvalue weighted by Crippen LogP contribution is -2.48. The van der Waals surface area contributed by atoms with Crippen molar-refractivity contribution in [2.75, 3.05) is 55.5 Å². The van der Waals surface area contributed by atoms with Gasteiger partial charge in [-0.15, -0.1) is 12.4 Å². The first-order chi connectivity index (χ1) is 19.3. The fourth-order valence-electron chi connectivity index (χ4n) is 4.43. The second kappa shape index (κ2) is 13.7. The number of thiazole rings is 1. The number of anilines is 2. The number of hydrogen-bond acceptors (Lipinski definition) is 8. The predicted octanol–water partition coefficient (Wildman–Crippen LogP) is 5.12. The van der Waals surface area contributed by atoms with E-state index in [1.807, 2.05) is 25.1 Å². The van der Waals surface area contributed by atoms with Gasteiger partial charge in [0.2, 0.25) is 0 Å². The number of amides is 1. The molecule has 1 aliphatic heterocycles. The Morgan fingerprint density at radius 1 is 1.05 bits per heavy atom. The van der Waals surface area contributed by atoms with Gasteiger partial charge in [-0.1, -0.05) is 29.0 Å². The number of rotatable bonds is 10. The van der Waals surface area contributed by atoms with Crippen LogP contribution in [0.3, 0.4) is 0 Å². The van der Waals surface area contributed by atoms with E-state index in [4.69, 9.17) is 21.3 Å². The van der Waals surface area contributed by atoms with Crippen LogP contribution in [0.4, 0.5) is 10.8 Å². The van der Waals surface area contributed by atoms with Gasteiger partial charge >= 0.3 is 0 Å². The SMILES string of the molecule is CCOc1ccc2nc(N3CCN(CCNC(=O)c4cccc(NS(=O)(=O)c5ccc(Cl)cc5)c4)CC3)sc2c1.Cl. The number of hydrogen-bond donors (Lipinski definition) is 2. The molecule has 0 radical (unpaired) electrons. The smallest absolute Gasteiger partial charge is 0.261 e. The van der Waals surface area contributed by atoms with Gasteiger partial charge in [0, 0.05) is 55.5 Å². The van der Waals surface area contributed by atoms with Crippen molar-refractivity contribution < 1.29 is 17.9 Å². The number of nitrogens with zero attached hydrogens (tertiary/aromatic N) is 3. The quantitative estimate of drug-likeness (QED) is 0.249. The zero-order chi connectivity index (χ0) is 28.1. The highest BCUT2D eigenvalue weighted by Crippen LogP contribution is 2.32. The molecule has 5 rings (SSSR count). The number of fused-ring (bicyclic) bond motifs is 1. The van der Waals surface area contributed by atoms with Crippen molar-refractivity contribution in [3.8, 4) is 5.75 Å². The molecular weight excluding hydrogens is 605 g/mol. The van der Waals surface area contributed by atoms with E-state index in [1.165, 1.54) is 30.3 Å². The molecule has 13 heteroatoms. The molecule has 1 aliphatic rings. The third kappa shape index (κ3) is 7.81. The summed E-state index contributed by atoms with van der Waals surface area (Å²) in [5, 5.41) is 4.41. The van der Waals surface area contributed by atoms with E-state index < -0.39 is 10.0 Å². The Morgan fingerprint density at radius 2 is 1.80 bits per heavy atom. The van der Waals surface area contributed by atoms with E-state index in [0.717, 1.165) is 53.8 Å². The van der Waals surface area contributed by atoms with Crippen LogP contribution >= 0.6 is 35.3 Å². The first-order valence-electron chi connectivity index (χ1n) is 13.0. The molecule has 4 aromatic rings. The van der Waals surface area contributed by atoms with Crippen molar-refractivity contribution in [3.63, 3.8) is 0 Å². The van der Waals surface area contributed by atoms with E-state index in [0.29, 0.717) is 29.4 Å². The van der Waals surface area contributed by atoms with E-state index in [-0.39, 0.29) is 23.2 Å². The van der Waals surface area contributed by atoms with Crippen LogP contribution in [0.25, 0.3) is 10.2 Å². The topological polar surface area (TPSA) is 104 Å². The van der Waals surface area contributed by atoms with Crippen LogP contribution in [0.15, 0.2) is 71.6 Å². The molecule has 1 saturated heterocycles. The molecule has 9 nitrogen and oxygen atoms in total. The summed E-state index contributed by atoms with van der Waals surface area (Å²) in [6.45, 7) is 7.29. The van der Waals surface area contributed by atoms with Crippen molar-refractivity contribution in [1.29, 1.82) is 0 Å². The minimum absolute atomic E-state index is 0. The molecule has 41 heavy (non-hydrogen) atoms. The zero-order valence-corrected chi connectivity index (χ0v) is 25.6. The molecular formula is C28H31Cl2N5O4S2. The van der Waals surface area contributed by atoms with Gasteiger partial charge in [-0.2, -0.15) is 0 Å². The normalized spacial score (nSPS) is 14.0. The zero-order valence-electron chi connectivity index (χ0n) is 22.4. The fourth-order valence-corrected chi connectivity index (χ4v) is 6.65. The van der Waals surface area contributed by atoms with E-state index >= 15 is 0 Å². The Kier molecular flexibility index (Phi) is 10.3. The Morgan fingerprint density at radius 3 is 2.54 bits per heavy atom. The van der Waals surface area contributed by atoms with Crippen molar-refractivity contribution >= 4 is 72.3 Å². The summed E-state index contributed by atoms with van der Waals surface area (Å²) in [5.74, 6) is 0.607. The van der Waals surface area contributed by atoms with Crippen LogP contribution in [-0.4, -0.2) is 70.1 Å². The summed E-state index contributed by atoms with van der Waals surface area (Å²) in [6, 6.07) is 18.3. The standard InChI is InChI=1S/C28H30ClN5O4S2.ClH/c1-2-38-23-8-11-25-26(19-23)39-28(31-25)34-16-14-33(15-17-34)13-12-30-27(35)20-4-3-5-22(18-20)32-40(36,37)24-9-6-21(29)7-10-24;/h3-11,18-19,32H,2,12-17H2,1H3,(H,30,35);1H. The van der Waals surface area contributed by atoms with E-state index in [2.05, 4.69) is 19.8 Å². The van der Waals surface area contributed by atoms with Gasteiger partial charge in [0.1, 0.15) is 5.75 Å². The average molecular weight is 637 g/mol. The Hall–Kier alpha value is -3.09. The molecule has 2 heterocycles. The molecule has 0 unspecified atom stereocenters. The van der Waals surface area contributed by atoms with Gasteiger partial charge in [0.05, 0.1) is 21.7 Å². The van der Waals surface area contributed by atoms with Crippen molar-refractivity contribution in [3.05, 3.63) is 77.3 Å². The van der Waals surface area contributed by atoms with Crippen LogP contribution < -0.4 is 19.7 Å². The average Bonchev–Trinajstić information content (AvgIpc) is 3.37. The van der Waals surface area contributed by atoms with Gasteiger partial charge in [0.25, 0.3) is 15.9 Å². The molecule has 0 atom stereocenters. The molecule has 0 spiro atoms. The summed E-state index contributed by atoms with van der Waals surface area (Å²) in [7, 11) is -3.80. The number of ether oxygens (including phenoxy) is 1. The lowest BCUT2D eigenvalue weighted by atomic mass is 10.2. The van der Waals surface area contributed by atoms with E-state index in [1.54, 1.807) is 29.5 Å². The van der Waals surface area contributed by atoms with Crippen LogP contribution in [0, 0.1) is 0 Å². The van der Waals surface area contributed by atoms with Crippen LogP contribution in [-0.2, 0) is 10.0 Å². The van der Waals surface area contributed by atoms with Crippen LogP contribution in [0.5, 0.6) is 5.75 Å². The maximum atomic E-state index is 12.8. The monoisotopic (exact) mass is 635 g/mol. The minimum Gasteiger partial charge on any atom is -0.494 e. The third-order valence-electron chi connectivity index (χ3n) is 6.52. The summed E-state index contributed by atoms with van der Waals surface area (Å²) in [4.78, 5) is 22.3. The van der Waals surface area contributed by atoms with E-state index in [9.17, 15) is 13.2 Å². The maximum absolute atomic E-state index is 12.8. The molecule has 0 aliphatic carbocycles. The molecule has 1 fully saturated rings. The number of nitrogens with one attached hydrogen (secondary N) is 2. The molecule has 2 N–H and O–H groups in total. The van der Waals surface area contributed by atoms with Gasteiger partial charge in [-0.05, 0) is 67.6 Å². The molecule has 218 valence electrons. The molecule has 0 bridgehead atoms. The molecule has 3 aromatic carbocycles. The highest BCUT2D eigenvalue weighted by molar-refractivity contribution is 7.92. The predicted molar refractivity (Wildman–Crippen MR) is 168 cm³/mol. The van der Waals surface area contributed by atoms with Gasteiger partial charge in [-0.3, -0.25) is 14.4 Å². The molecule has 1 aromatic heterocycles. The summed E-state index contributed by atoms with van der Waals surface area (Å²) >= 11 is 7.54. The van der Waals surface area contributed by atoms with Gasteiger partial charge in [-0.25, -0.2) is 13.4 Å². The van der Waals surface area contributed by atoms with Crippen LogP contribution in [0.1, 0.15) is 17.3 Å². The summed E-state index contributed by atoms with van der Waals surface area (Å²) in [6.07, 6.45) is 0. The maximum Gasteiger partial charge on any atom is 0.261 e. The van der Waals surface area contributed by atoms with Crippen molar-refractivity contribution in [2.45, 2.75) is 11.8 Å². The largest absolute Gasteiger partial charge is 0.494 e. The third-order valence-corrected chi connectivity index (χ3v) is 9.25. The van der Waals surface area contributed by atoms with Crippen molar-refractivity contribution in [2.24, 2.45) is 0 Å². The second-order valence-corrected chi connectivity index (χ2v) is 12.4. The number of piperazine rings is 1. The summed E-state index contributed by atoms with van der Waals surface area (Å²) in [5.41, 5.74) is 1.67. The number of benzene rings is 3.